The molecule has 96 valence electrons. The van der Waals surface area contributed by atoms with E-state index in [0.29, 0.717) is 0 Å². The van der Waals surface area contributed by atoms with Crippen molar-refractivity contribution in [2.45, 2.75) is 50.4 Å². The third-order valence-corrected chi connectivity index (χ3v) is 4.33. The summed E-state index contributed by atoms with van der Waals surface area (Å²) in [4.78, 5) is 0. The van der Waals surface area contributed by atoms with Crippen LogP contribution in [0.5, 0.6) is 0 Å². The van der Waals surface area contributed by atoms with Crippen molar-refractivity contribution in [2.75, 3.05) is 0 Å². The Balaban J connectivity index is 1.93. The molecule has 2 heteroatoms. The molecule has 1 spiro atoms. The zero-order chi connectivity index (χ0) is 12.8. The van der Waals surface area contributed by atoms with Gasteiger partial charge < -0.3 is 9.84 Å². The number of ether oxygens (including phenoxy) is 1. The van der Waals surface area contributed by atoms with Crippen molar-refractivity contribution in [1.29, 1.82) is 0 Å². The Kier molecular flexibility index (Phi) is 2.61. The number of rotatable bonds is 3. The van der Waals surface area contributed by atoms with Crippen LogP contribution in [-0.4, -0.2) is 16.8 Å². The van der Waals surface area contributed by atoms with Gasteiger partial charge >= 0.3 is 0 Å². The van der Waals surface area contributed by atoms with Gasteiger partial charge in [0.2, 0.25) is 0 Å². The molecule has 1 saturated heterocycles. The van der Waals surface area contributed by atoms with Crippen LogP contribution in [0.15, 0.2) is 30.3 Å². The molecule has 0 aromatic heterocycles. The van der Waals surface area contributed by atoms with E-state index in [1.165, 1.54) is 6.42 Å². The van der Waals surface area contributed by atoms with Gasteiger partial charge in [0.15, 0.2) is 0 Å². The van der Waals surface area contributed by atoms with Gasteiger partial charge in [0, 0.05) is 0 Å². The van der Waals surface area contributed by atoms with Crippen LogP contribution in [0, 0.1) is 0 Å². The third kappa shape index (κ3) is 1.49. The third-order valence-electron chi connectivity index (χ3n) is 4.33. The van der Waals surface area contributed by atoms with Crippen LogP contribution in [0.1, 0.15) is 44.2 Å². The second-order valence-corrected chi connectivity index (χ2v) is 5.53. The van der Waals surface area contributed by atoms with E-state index < -0.39 is 11.2 Å². The van der Waals surface area contributed by atoms with Gasteiger partial charge in [-0.2, -0.15) is 0 Å². The summed E-state index contributed by atoms with van der Waals surface area (Å²) in [7, 11) is 0. The van der Waals surface area contributed by atoms with Crippen LogP contribution in [0.4, 0.5) is 0 Å². The highest BCUT2D eigenvalue weighted by Gasteiger charge is 2.66. The van der Waals surface area contributed by atoms with E-state index in [0.717, 1.165) is 24.0 Å². The quantitative estimate of drug-likeness (QED) is 0.828. The Morgan fingerprint density at radius 2 is 2.11 bits per heavy atom. The topological polar surface area (TPSA) is 32.8 Å². The first-order chi connectivity index (χ1) is 8.62. The fourth-order valence-corrected chi connectivity index (χ4v) is 3.11. The van der Waals surface area contributed by atoms with Crippen LogP contribution >= 0.6 is 0 Å². The molecule has 0 saturated carbocycles. The number of fused-ring (bicyclic) bond motifs is 1. The van der Waals surface area contributed by atoms with Gasteiger partial charge in [0.1, 0.15) is 11.2 Å². The van der Waals surface area contributed by atoms with Crippen molar-refractivity contribution in [1.82, 2.24) is 0 Å². The minimum Gasteiger partial charge on any atom is -0.382 e. The first-order valence-electron chi connectivity index (χ1n) is 6.81. The molecule has 1 aliphatic heterocycles. The predicted molar refractivity (Wildman–Crippen MR) is 72.2 cm³/mol. The summed E-state index contributed by atoms with van der Waals surface area (Å²) in [6, 6.07) is 8.01. The molecule has 1 N–H and O–H groups in total. The molecule has 0 amide bonds. The molecule has 1 aromatic carbocycles. The van der Waals surface area contributed by atoms with Gasteiger partial charge in [-0.3, -0.25) is 0 Å². The monoisotopic (exact) mass is 244 g/mol. The summed E-state index contributed by atoms with van der Waals surface area (Å²) in [5, 5.41) is 10.9. The summed E-state index contributed by atoms with van der Waals surface area (Å²) in [6.45, 7) is 4.06. The molecule has 1 heterocycles. The SMILES string of the molecule is CCCC[C@@H]1O[C@@]12C=Cc1ccccc1[C@@]2(C)O. The zero-order valence-electron chi connectivity index (χ0n) is 11.0. The smallest absolute Gasteiger partial charge is 0.146 e. The molecule has 3 atom stereocenters. The predicted octanol–water partition coefficient (Wildman–Crippen LogP) is 3.25. The molecule has 1 aliphatic carbocycles. The van der Waals surface area contributed by atoms with Crippen LogP contribution < -0.4 is 0 Å². The molecular weight excluding hydrogens is 224 g/mol. The summed E-state index contributed by atoms with van der Waals surface area (Å²) >= 11 is 0. The van der Waals surface area contributed by atoms with Crippen molar-refractivity contribution in [3.8, 4) is 0 Å². The zero-order valence-corrected chi connectivity index (χ0v) is 11.0. The van der Waals surface area contributed by atoms with Crippen molar-refractivity contribution in [3.05, 3.63) is 41.5 Å². The second-order valence-electron chi connectivity index (χ2n) is 5.53. The lowest BCUT2D eigenvalue weighted by Crippen LogP contribution is -2.42. The highest BCUT2D eigenvalue weighted by Crippen LogP contribution is 2.56. The standard InChI is InChI=1S/C16H20O2/c1-3-4-9-14-16(18-14)11-10-12-7-5-6-8-13(12)15(16,2)17/h5-8,10-11,14,17H,3-4,9H2,1-2H3/t14-,15+,16-/m0/s1. The van der Waals surface area contributed by atoms with Crippen LogP contribution in [0.25, 0.3) is 6.08 Å². The molecule has 0 unspecified atom stereocenters. The van der Waals surface area contributed by atoms with Crippen molar-refractivity contribution >= 4 is 6.08 Å². The average Bonchev–Trinajstić information content (AvgIpc) is 3.08. The number of aliphatic hydroxyl groups is 1. The van der Waals surface area contributed by atoms with Gasteiger partial charge in [-0.05, 0) is 30.5 Å². The summed E-state index contributed by atoms with van der Waals surface area (Å²) in [5.41, 5.74) is 0.664. The summed E-state index contributed by atoms with van der Waals surface area (Å²) in [5.74, 6) is 0. The average molecular weight is 244 g/mol. The van der Waals surface area contributed by atoms with E-state index in [2.05, 4.69) is 19.1 Å². The van der Waals surface area contributed by atoms with Crippen LogP contribution in [-0.2, 0) is 10.3 Å². The molecule has 3 rings (SSSR count). The first kappa shape index (κ1) is 11.9. The maximum atomic E-state index is 10.9. The maximum absolute atomic E-state index is 10.9. The molecule has 1 aromatic rings. The van der Waals surface area contributed by atoms with Crippen LogP contribution in [0.2, 0.25) is 0 Å². The van der Waals surface area contributed by atoms with Crippen LogP contribution in [0.3, 0.4) is 0 Å². The number of epoxide rings is 1. The molecule has 1 fully saturated rings. The number of benzene rings is 1. The fourth-order valence-electron chi connectivity index (χ4n) is 3.11. The van der Waals surface area contributed by atoms with E-state index in [1.54, 1.807) is 0 Å². The van der Waals surface area contributed by atoms with E-state index >= 15 is 0 Å². The Bertz CT molecular complexity index is 490. The summed E-state index contributed by atoms with van der Waals surface area (Å²) < 4.78 is 5.88. The van der Waals surface area contributed by atoms with E-state index in [4.69, 9.17) is 4.74 Å². The minimum atomic E-state index is -0.920. The number of hydrogen-bond donors (Lipinski definition) is 1. The first-order valence-corrected chi connectivity index (χ1v) is 6.81. The molecular formula is C16H20O2. The van der Waals surface area contributed by atoms with Gasteiger partial charge in [-0.25, -0.2) is 0 Å². The van der Waals surface area contributed by atoms with Gasteiger partial charge in [-0.1, -0.05) is 50.1 Å². The normalized spacial score (nSPS) is 36.7. The largest absolute Gasteiger partial charge is 0.382 e. The lowest BCUT2D eigenvalue weighted by Gasteiger charge is -2.34. The van der Waals surface area contributed by atoms with E-state index in [1.807, 2.05) is 31.2 Å². The van der Waals surface area contributed by atoms with E-state index in [-0.39, 0.29) is 6.10 Å². The Morgan fingerprint density at radius 1 is 1.33 bits per heavy atom. The summed E-state index contributed by atoms with van der Waals surface area (Å²) in [6.07, 6.45) is 7.64. The van der Waals surface area contributed by atoms with Crippen molar-refractivity contribution in [2.24, 2.45) is 0 Å². The fraction of sp³-hybridized carbons (Fsp3) is 0.500. The highest BCUT2D eigenvalue weighted by atomic mass is 16.6. The molecule has 2 aliphatic rings. The highest BCUT2D eigenvalue weighted by molar-refractivity contribution is 5.63. The number of unbranched alkanes of at least 4 members (excludes halogenated alkanes) is 1. The Morgan fingerprint density at radius 3 is 2.89 bits per heavy atom. The van der Waals surface area contributed by atoms with Gasteiger partial charge in [-0.15, -0.1) is 0 Å². The minimum absolute atomic E-state index is 0.164. The van der Waals surface area contributed by atoms with Crippen molar-refractivity contribution < 1.29 is 9.84 Å². The molecule has 18 heavy (non-hydrogen) atoms. The lowest BCUT2D eigenvalue weighted by atomic mass is 9.74. The van der Waals surface area contributed by atoms with Gasteiger partial charge in [0.25, 0.3) is 0 Å². The maximum Gasteiger partial charge on any atom is 0.146 e. The second kappa shape index (κ2) is 3.94. The molecule has 2 nitrogen and oxygen atoms in total. The molecule has 0 radical (unpaired) electrons. The molecule has 0 bridgehead atoms. The Labute approximate surface area is 108 Å². The van der Waals surface area contributed by atoms with E-state index in [9.17, 15) is 5.11 Å². The Hall–Kier alpha value is -1.12. The van der Waals surface area contributed by atoms with Crippen molar-refractivity contribution in [3.63, 3.8) is 0 Å². The van der Waals surface area contributed by atoms with Gasteiger partial charge in [0.05, 0.1) is 6.10 Å². The number of hydrogen-bond acceptors (Lipinski definition) is 2. The lowest BCUT2D eigenvalue weighted by molar-refractivity contribution is -0.00766.